The van der Waals surface area contributed by atoms with E-state index in [-0.39, 0.29) is 23.5 Å². The molecule has 0 bridgehead atoms. The average Bonchev–Trinajstić information content (AvgIpc) is 3.05. The number of fused-ring (bicyclic) bond motifs is 1. The van der Waals surface area contributed by atoms with Gasteiger partial charge in [-0.2, -0.15) is 27.2 Å². The predicted octanol–water partition coefficient (Wildman–Crippen LogP) is 6.84. The first-order chi connectivity index (χ1) is 16.6. The minimum atomic E-state index is -4.29. The minimum Gasteiger partial charge on any atom is -0.432 e. The topological polar surface area (TPSA) is 62.9 Å². The van der Waals surface area contributed by atoms with Gasteiger partial charge in [0, 0.05) is 35.1 Å². The van der Waals surface area contributed by atoms with E-state index in [4.69, 9.17) is 0 Å². The number of hydrogen-bond acceptors (Lipinski definition) is 5. The number of hydrogen-bond donors (Lipinski definition) is 1. The Morgan fingerprint density at radius 2 is 2.03 bits per heavy atom. The molecule has 2 aromatic heterocycles. The van der Waals surface area contributed by atoms with Gasteiger partial charge in [-0.05, 0) is 49.4 Å². The van der Waals surface area contributed by atoms with E-state index in [9.17, 15) is 31.6 Å². The van der Waals surface area contributed by atoms with Crippen LogP contribution in [0.25, 0.3) is 22.3 Å². The molecule has 1 aliphatic carbocycles. The maximum atomic E-state index is 14.5. The van der Waals surface area contributed by atoms with Crippen LogP contribution in [0.15, 0.2) is 35.4 Å². The third kappa shape index (κ3) is 5.21. The van der Waals surface area contributed by atoms with Crippen LogP contribution in [0.4, 0.5) is 26.3 Å². The number of aromatic nitrogens is 2. The first-order valence-corrected chi connectivity index (χ1v) is 11.6. The summed E-state index contributed by atoms with van der Waals surface area (Å²) in [5, 5.41) is 10.1. The van der Waals surface area contributed by atoms with E-state index in [1.807, 2.05) is 4.57 Å². The van der Waals surface area contributed by atoms with Crippen molar-refractivity contribution in [2.24, 2.45) is 5.92 Å². The largest absolute Gasteiger partial charge is 0.432 e. The molecule has 0 radical (unpaired) electrons. The molecule has 1 N–H and O–H groups in total. The summed E-state index contributed by atoms with van der Waals surface area (Å²) in [6.45, 7) is -2.40. The lowest BCUT2D eigenvalue weighted by Gasteiger charge is -2.30. The molecule has 186 valence electrons. The Balaban J connectivity index is 1.69. The third-order valence-electron chi connectivity index (χ3n) is 5.94. The zero-order valence-corrected chi connectivity index (χ0v) is 19.2. The Hall–Kier alpha value is -2.91. The Bertz CT molecular complexity index is 1250. The van der Waals surface area contributed by atoms with Crippen LogP contribution >= 0.6 is 11.9 Å². The molecule has 0 amide bonds. The summed E-state index contributed by atoms with van der Waals surface area (Å²) >= 11 is 0.998. The Morgan fingerprint density at radius 3 is 2.57 bits per heavy atom. The number of nitriles is 1. The lowest BCUT2D eigenvalue weighted by molar-refractivity contribution is -0.167. The van der Waals surface area contributed by atoms with Crippen molar-refractivity contribution in [1.82, 2.24) is 14.3 Å². The summed E-state index contributed by atoms with van der Waals surface area (Å²) in [6, 6.07) is 7.51. The smallest absolute Gasteiger partial charge is 0.392 e. The summed E-state index contributed by atoms with van der Waals surface area (Å²) in [6.07, 6.45) is -0.310. The van der Waals surface area contributed by atoms with Gasteiger partial charge in [0.1, 0.15) is 6.07 Å². The van der Waals surface area contributed by atoms with Crippen LogP contribution in [-0.2, 0) is 0 Å². The molecule has 1 fully saturated rings. The Labute approximate surface area is 201 Å². The summed E-state index contributed by atoms with van der Waals surface area (Å²) in [5.74, 6) is -3.14. The molecule has 1 unspecified atom stereocenters. The van der Waals surface area contributed by atoms with Crippen LogP contribution in [0.1, 0.15) is 37.8 Å². The molecule has 5 nitrogen and oxygen atoms in total. The molecule has 1 atom stereocenters. The van der Waals surface area contributed by atoms with Gasteiger partial charge in [-0.25, -0.2) is 4.39 Å². The average molecular weight is 514 g/mol. The van der Waals surface area contributed by atoms with E-state index in [2.05, 4.69) is 20.5 Å². The van der Waals surface area contributed by atoms with Gasteiger partial charge in [0.25, 0.3) is 0 Å². The van der Waals surface area contributed by atoms with Crippen LogP contribution in [0.3, 0.4) is 0 Å². The highest BCUT2D eigenvalue weighted by atomic mass is 32.2. The number of nitrogens with zero attached hydrogens (tertiary/aromatic N) is 3. The van der Waals surface area contributed by atoms with Crippen molar-refractivity contribution < 1.29 is 31.1 Å². The zero-order chi connectivity index (χ0) is 25.3. The highest BCUT2D eigenvalue weighted by Gasteiger charge is 2.35. The second-order valence-corrected chi connectivity index (χ2v) is 9.20. The van der Waals surface area contributed by atoms with Gasteiger partial charge in [0.15, 0.2) is 11.6 Å². The molecule has 0 aliphatic heterocycles. The molecular formula is C23H20F6N4OS. The van der Waals surface area contributed by atoms with Crippen molar-refractivity contribution in [2.75, 3.05) is 6.54 Å². The number of alkyl halides is 5. The van der Waals surface area contributed by atoms with E-state index in [0.717, 1.165) is 44.2 Å². The van der Waals surface area contributed by atoms with Gasteiger partial charge in [0.2, 0.25) is 0 Å². The van der Waals surface area contributed by atoms with Crippen LogP contribution in [0.2, 0.25) is 0 Å². The number of pyridine rings is 1. The van der Waals surface area contributed by atoms with E-state index in [1.165, 1.54) is 12.3 Å². The fraction of sp³-hybridized carbons (Fsp3) is 0.391. The zero-order valence-electron chi connectivity index (χ0n) is 18.4. The monoisotopic (exact) mass is 514 g/mol. The predicted molar refractivity (Wildman–Crippen MR) is 118 cm³/mol. The normalized spacial score (nSPS) is 15.3. The Morgan fingerprint density at radius 1 is 1.29 bits per heavy atom. The van der Waals surface area contributed by atoms with Crippen LogP contribution < -0.4 is 9.46 Å². The fourth-order valence-corrected chi connectivity index (χ4v) is 4.57. The van der Waals surface area contributed by atoms with Crippen molar-refractivity contribution in [3.8, 4) is 23.2 Å². The number of nitrogens with one attached hydrogen (secondary N) is 1. The van der Waals surface area contributed by atoms with E-state index < -0.39 is 30.3 Å². The van der Waals surface area contributed by atoms with E-state index in [1.54, 1.807) is 12.1 Å². The second-order valence-electron chi connectivity index (χ2n) is 8.24. The first kappa shape index (κ1) is 25.2. The van der Waals surface area contributed by atoms with Gasteiger partial charge in [-0.15, -0.1) is 0 Å². The molecule has 1 aliphatic rings. The molecular weight excluding hydrogens is 494 g/mol. The number of rotatable bonds is 8. The molecule has 4 rings (SSSR count). The lowest BCUT2D eigenvalue weighted by atomic mass is 9.92. The van der Waals surface area contributed by atoms with Gasteiger partial charge in [-0.3, -0.25) is 9.71 Å². The summed E-state index contributed by atoms with van der Waals surface area (Å²) in [4.78, 5) is 4.96. The summed E-state index contributed by atoms with van der Waals surface area (Å²) < 4.78 is 86.8. The van der Waals surface area contributed by atoms with Crippen molar-refractivity contribution in [3.63, 3.8) is 0 Å². The summed E-state index contributed by atoms with van der Waals surface area (Å²) in [5.41, 5.74) is 1.37. The van der Waals surface area contributed by atoms with Gasteiger partial charge < -0.3 is 9.30 Å². The van der Waals surface area contributed by atoms with Crippen LogP contribution in [0.5, 0.6) is 5.75 Å². The van der Waals surface area contributed by atoms with Gasteiger partial charge >= 0.3 is 12.8 Å². The van der Waals surface area contributed by atoms with Gasteiger partial charge in [-0.1, -0.05) is 6.92 Å². The van der Waals surface area contributed by atoms with Gasteiger partial charge in [0.05, 0.1) is 28.4 Å². The number of ether oxygens (including phenoxy) is 1. The molecule has 1 saturated carbocycles. The highest BCUT2D eigenvalue weighted by molar-refractivity contribution is 7.97. The molecule has 0 spiro atoms. The quantitative estimate of drug-likeness (QED) is 0.264. The molecule has 0 saturated heterocycles. The molecule has 35 heavy (non-hydrogen) atoms. The van der Waals surface area contributed by atoms with Crippen molar-refractivity contribution in [1.29, 1.82) is 5.26 Å². The second kappa shape index (κ2) is 9.99. The summed E-state index contributed by atoms with van der Waals surface area (Å²) in [7, 11) is 0. The van der Waals surface area contributed by atoms with Crippen molar-refractivity contribution in [3.05, 3.63) is 41.8 Å². The molecule has 1 aromatic carbocycles. The van der Waals surface area contributed by atoms with E-state index in [0.29, 0.717) is 21.8 Å². The lowest BCUT2D eigenvalue weighted by Crippen LogP contribution is -2.28. The maximum absolute atomic E-state index is 14.5. The third-order valence-corrected chi connectivity index (χ3v) is 6.73. The van der Waals surface area contributed by atoms with E-state index >= 15 is 0 Å². The first-order valence-electron chi connectivity index (χ1n) is 10.7. The maximum Gasteiger partial charge on any atom is 0.392 e. The molecule has 3 aromatic rings. The van der Waals surface area contributed by atoms with Crippen LogP contribution in [0, 0.1) is 23.1 Å². The number of benzene rings is 1. The minimum absolute atomic E-state index is 0.0270. The number of halogens is 6. The molecule has 12 heteroatoms. The van der Waals surface area contributed by atoms with Crippen LogP contribution in [-0.4, -0.2) is 28.9 Å². The van der Waals surface area contributed by atoms with Crippen molar-refractivity contribution in [2.45, 2.75) is 49.9 Å². The fourth-order valence-electron chi connectivity index (χ4n) is 3.83. The SMILES string of the molecule is CC(CNSc1ccc(-c2c(C#N)c3cc(F)c(OC(F)F)cc3n2C2CCC2)nc1)C(F)(F)F. The standard InChI is InChI=1S/C23H20F6N4OS/c1-12(23(27,28)29)10-32-35-14-5-6-18(31-11-14)21-16(9-30)15-7-17(24)20(34-22(25)26)8-19(15)33(21)13-3-2-4-13/h5-8,11-13,22,32H,2-4,10H2,1H3. The Kier molecular flexibility index (Phi) is 7.19. The van der Waals surface area contributed by atoms with Crippen molar-refractivity contribution >= 4 is 22.9 Å². The molecule has 2 heterocycles. The highest BCUT2D eigenvalue weighted by Crippen LogP contribution is 2.43.